The van der Waals surface area contributed by atoms with Crippen LogP contribution in [-0.2, 0) is 40.4 Å². The van der Waals surface area contributed by atoms with Gasteiger partial charge < -0.3 is 0 Å². The van der Waals surface area contributed by atoms with Gasteiger partial charge in [0, 0.05) is 16.7 Å². The molecule has 0 radical (unpaired) electrons. The third-order valence-corrected chi connectivity index (χ3v) is 16.4. The molecule has 0 bridgehead atoms. The Kier molecular flexibility index (Phi) is 21.9. The van der Waals surface area contributed by atoms with Crippen LogP contribution in [0.3, 0.4) is 0 Å². The van der Waals surface area contributed by atoms with E-state index in [1.54, 1.807) is 36.4 Å². The lowest BCUT2D eigenvalue weighted by molar-refractivity contribution is -0.0313. The van der Waals surface area contributed by atoms with Gasteiger partial charge in [0.2, 0.25) is 29.5 Å². The molecule has 0 N–H and O–H groups in total. The third kappa shape index (κ3) is 19.5. The van der Waals surface area contributed by atoms with Gasteiger partial charge in [-0.3, -0.25) is 14.4 Å². The Labute approximate surface area is 423 Å². The van der Waals surface area contributed by atoms with E-state index < -0.39 is 56.9 Å². The molecule has 0 spiro atoms. The molecular weight excluding hydrogens is 1090 g/mol. The highest BCUT2D eigenvalue weighted by Gasteiger charge is 2.32. The molecule has 6 aromatic rings. The SMILES string of the molecule is C.CC(=O)c1ccc(S(=O)(=O)c2ccc([S+](c3ccc(S(=O)(=O)c4ccc(C(C)=O)cc4)cc3)c3ccc(S(=O)(=O)c4ccc(C(C)=O)cc4)cc3)cc2)cc1.FC(F)(F)S.FC(F)(F)S.FC(F)(F)S. The Morgan fingerprint density at radius 2 is 0.465 bits per heavy atom. The van der Waals surface area contributed by atoms with Gasteiger partial charge >= 0.3 is 16.5 Å². The highest BCUT2D eigenvalue weighted by Crippen LogP contribution is 2.35. The Balaban J connectivity index is 0.000000944. The molecule has 25 heteroatoms. The maximum atomic E-state index is 13.5. The van der Waals surface area contributed by atoms with Crippen molar-refractivity contribution in [1.82, 2.24) is 0 Å². The van der Waals surface area contributed by atoms with E-state index in [0.29, 0.717) is 31.4 Å². The molecule has 9 nitrogen and oxygen atoms in total. The van der Waals surface area contributed by atoms with Gasteiger partial charge in [-0.25, -0.2) is 25.3 Å². The zero-order valence-electron chi connectivity index (χ0n) is 35.9. The topological polar surface area (TPSA) is 154 Å². The first kappa shape index (κ1) is 62.1. The molecule has 0 aliphatic heterocycles. The molecule has 382 valence electrons. The summed E-state index contributed by atoms with van der Waals surface area (Å²) in [4.78, 5) is 37.2. The van der Waals surface area contributed by atoms with Gasteiger partial charge in [0.05, 0.1) is 40.3 Å². The number of sulfone groups is 3. The standard InChI is InChI=1S/C42H33O9S4.3CHF3S.CH4/c1-28(43)31-4-16-37(17-5-31)53(46,47)40-22-10-34(11-23-40)52(35-12-24-41(25-13-35)54(48,49)38-18-6-32(7-19-38)29(2)44)36-14-26-42(27-15-36)55(50,51)39-20-8-33(9-21-39)30(3)45;3*2-1(3,4)5;/h4-27H,1-3H3;3*5H;1H4/q+1;;;;. The molecule has 0 heterocycles. The molecule has 71 heavy (non-hydrogen) atoms. The highest BCUT2D eigenvalue weighted by atomic mass is 32.2. The molecule has 6 rings (SSSR count). The van der Waals surface area contributed by atoms with Crippen LogP contribution >= 0.6 is 37.9 Å². The summed E-state index contributed by atoms with van der Waals surface area (Å²) in [5, 5.41) is 0. The average Bonchev–Trinajstić information content (AvgIpc) is 3.25. The van der Waals surface area contributed by atoms with Crippen molar-refractivity contribution < 1.29 is 79.2 Å². The van der Waals surface area contributed by atoms with Crippen molar-refractivity contribution in [2.75, 3.05) is 0 Å². The fourth-order valence-corrected chi connectivity index (χ4v) is 11.5. The average molecular weight is 1130 g/mol. The molecule has 0 aliphatic carbocycles. The van der Waals surface area contributed by atoms with E-state index in [1.165, 1.54) is 130 Å². The van der Waals surface area contributed by atoms with Crippen molar-refractivity contribution in [2.24, 2.45) is 0 Å². The van der Waals surface area contributed by atoms with Crippen molar-refractivity contribution in [2.45, 2.75) is 88.8 Å². The smallest absolute Gasteiger partial charge is 0.295 e. The molecule has 0 atom stereocenters. The van der Waals surface area contributed by atoms with Crippen LogP contribution in [0.5, 0.6) is 0 Å². The quantitative estimate of drug-likeness (QED) is 0.0470. The fraction of sp³-hybridized carbons (Fsp3) is 0.152. The Hall–Kier alpha value is -5.05. The van der Waals surface area contributed by atoms with Crippen molar-refractivity contribution in [3.8, 4) is 0 Å². The van der Waals surface area contributed by atoms with Crippen LogP contribution in [0.4, 0.5) is 39.5 Å². The van der Waals surface area contributed by atoms with E-state index >= 15 is 0 Å². The van der Waals surface area contributed by atoms with Crippen molar-refractivity contribution >= 4 is 95.6 Å². The van der Waals surface area contributed by atoms with Crippen LogP contribution in [0.25, 0.3) is 0 Å². The van der Waals surface area contributed by atoms with Gasteiger partial charge in [-0.05, 0) is 130 Å². The van der Waals surface area contributed by atoms with Crippen molar-refractivity contribution in [1.29, 1.82) is 0 Å². The Morgan fingerprint density at radius 1 is 0.338 bits per heavy atom. The number of hydrogen-bond acceptors (Lipinski definition) is 12. The number of halogens is 9. The summed E-state index contributed by atoms with van der Waals surface area (Å²) in [6.07, 6.45) is 0. The van der Waals surface area contributed by atoms with E-state index in [0.717, 1.165) is 0 Å². The van der Waals surface area contributed by atoms with E-state index in [4.69, 9.17) is 0 Å². The number of carbonyl (C=O) groups is 3. The van der Waals surface area contributed by atoms with Crippen LogP contribution in [0.1, 0.15) is 59.3 Å². The summed E-state index contributed by atoms with van der Waals surface area (Å²) >= 11 is 6.37. The normalized spacial score (nSPS) is 11.8. The lowest BCUT2D eigenvalue weighted by Gasteiger charge is -2.12. The summed E-state index contributed by atoms with van der Waals surface area (Å²) in [6.45, 7) is 4.17. The molecule has 0 saturated heterocycles. The van der Waals surface area contributed by atoms with Crippen LogP contribution in [-0.4, -0.2) is 59.1 Å². The first-order valence-corrected chi connectivity index (χ1v) is 26.0. The van der Waals surface area contributed by atoms with Gasteiger partial charge in [-0.15, -0.1) is 0 Å². The van der Waals surface area contributed by atoms with Crippen LogP contribution < -0.4 is 0 Å². The lowest BCUT2D eigenvalue weighted by atomic mass is 10.2. The van der Waals surface area contributed by atoms with E-state index in [2.05, 4.69) is 37.9 Å². The first-order chi connectivity index (χ1) is 32.0. The zero-order valence-corrected chi connectivity index (χ0v) is 41.9. The van der Waals surface area contributed by atoms with Crippen LogP contribution in [0.15, 0.2) is 190 Å². The monoisotopic (exact) mass is 1130 g/mol. The van der Waals surface area contributed by atoms with E-state index in [1.807, 2.05) is 0 Å². The minimum Gasteiger partial charge on any atom is -0.295 e. The summed E-state index contributed by atoms with van der Waals surface area (Å²) in [7, 11) is -12.8. The van der Waals surface area contributed by atoms with Crippen LogP contribution in [0.2, 0.25) is 0 Å². The molecule has 0 saturated carbocycles. The predicted molar refractivity (Wildman–Crippen MR) is 259 cm³/mol. The van der Waals surface area contributed by atoms with E-state index in [-0.39, 0.29) is 54.1 Å². The number of rotatable bonds is 12. The number of ketones is 3. The lowest BCUT2D eigenvalue weighted by Crippen LogP contribution is -2.09. The molecular formula is C46H40F9O9S7+. The maximum Gasteiger partial charge on any atom is 0.438 e. The summed E-state index contributed by atoms with van der Waals surface area (Å²) < 4.78 is 173. The van der Waals surface area contributed by atoms with Crippen LogP contribution in [0, 0.1) is 0 Å². The summed E-state index contributed by atoms with van der Waals surface area (Å²) in [6, 6.07) is 35.8. The third-order valence-electron chi connectivity index (χ3n) is 8.82. The molecule has 0 amide bonds. The second-order valence-electron chi connectivity index (χ2n) is 13.9. The first-order valence-electron chi connectivity index (χ1n) is 19.0. The number of hydrogen-bond donors (Lipinski definition) is 3. The zero-order chi connectivity index (χ0) is 53.2. The summed E-state index contributed by atoms with van der Waals surface area (Å²) in [5.41, 5.74) is -11.8. The van der Waals surface area contributed by atoms with Crippen molar-refractivity contribution in [3.63, 3.8) is 0 Å². The van der Waals surface area contributed by atoms with Crippen molar-refractivity contribution in [3.05, 3.63) is 162 Å². The number of alkyl halides is 9. The molecule has 0 unspecified atom stereocenters. The van der Waals surface area contributed by atoms with Gasteiger partial charge in [-0.1, -0.05) is 81.7 Å². The second-order valence-corrected chi connectivity index (χ2v) is 23.3. The fourth-order valence-electron chi connectivity index (χ4n) is 5.69. The number of carbonyl (C=O) groups excluding carboxylic acids is 3. The molecule has 0 fully saturated rings. The Morgan fingerprint density at radius 3 is 0.592 bits per heavy atom. The highest BCUT2D eigenvalue weighted by molar-refractivity contribution is 7.97. The number of Topliss-reactive ketones (excluding diaryl/α,β-unsaturated/α-hetero) is 3. The second kappa shape index (κ2) is 25.1. The van der Waals surface area contributed by atoms with Gasteiger partial charge in [0.25, 0.3) is 0 Å². The van der Waals surface area contributed by atoms with Gasteiger partial charge in [0.1, 0.15) is 0 Å². The Bertz CT molecular complexity index is 2750. The molecule has 6 aromatic carbocycles. The van der Waals surface area contributed by atoms with Gasteiger partial charge in [0.15, 0.2) is 32.0 Å². The minimum absolute atomic E-state index is 0. The summed E-state index contributed by atoms with van der Waals surface area (Å²) in [5.74, 6) is -0.574. The minimum atomic E-state index is -4.31. The van der Waals surface area contributed by atoms with E-state index in [9.17, 15) is 79.2 Å². The molecule has 0 aliphatic rings. The number of thiol groups is 3. The van der Waals surface area contributed by atoms with Gasteiger partial charge in [-0.2, -0.15) is 39.5 Å². The largest absolute Gasteiger partial charge is 0.438 e. The predicted octanol–water partition coefficient (Wildman–Crippen LogP) is 12.8. The number of benzene rings is 6. The maximum absolute atomic E-state index is 13.5. The molecule has 0 aromatic heterocycles.